The number of benzene rings is 4. The summed E-state index contributed by atoms with van der Waals surface area (Å²) in [6.07, 6.45) is 4.08. The molecule has 0 bridgehead atoms. The minimum absolute atomic E-state index is 0.307. The molecule has 0 aliphatic carbocycles. The van der Waals surface area contributed by atoms with E-state index >= 15 is 0 Å². The van der Waals surface area contributed by atoms with Crippen LogP contribution in [0.4, 0.5) is 17.1 Å². The lowest BCUT2D eigenvalue weighted by atomic mass is 10.0. The first-order valence-corrected chi connectivity index (χ1v) is 12.0. The number of esters is 1. The average Bonchev–Trinajstić information content (AvgIpc) is 2.89. The van der Waals surface area contributed by atoms with Gasteiger partial charge in [0, 0.05) is 23.1 Å². The van der Waals surface area contributed by atoms with Crippen LogP contribution in [0.3, 0.4) is 0 Å². The van der Waals surface area contributed by atoms with Crippen LogP contribution in [0, 0.1) is 13.8 Å². The molecule has 0 unspecified atom stereocenters. The van der Waals surface area contributed by atoms with Crippen molar-refractivity contribution >= 4 is 29.1 Å². The van der Waals surface area contributed by atoms with Crippen LogP contribution in [0.15, 0.2) is 103 Å². The van der Waals surface area contributed by atoms with Gasteiger partial charge in [-0.05, 0) is 79.4 Å². The fourth-order valence-electron chi connectivity index (χ4n) is 3.84. The predicted octanol–water partition coefficient (Wildman–Crippen LogP) is 8.41. The average molecular weight is 462 g/mol. The maximum Gasteiger partial charge on any atom is 0.330 e. The fourth-order valence-corrected chi connectivity index (χ4v) is 3.84. The molecule has 4 rings (SSSR count). The Morgan fingerprint density at radius 1 is 0.686 bits per heavy atom. The third kappa shape index (κ3) is 6.27. The zero-order chi connectivity index (χ0) is 24.6. The molecule has 0 N–H and O–H groups in total. The van der Waals surface area contributed by atoms with Crippen LogP contribution in [0.1, 0.15) is 30.0 Å². The molecule has 4 aromatic carbocycles. The van der Waals surface area contributed by atoms with E-state index in [0.29, 0.717) is 6.61 Å². The van der Waals surface area contributed by atoms with E-state index in [9.17, 15) is 4.79 Å². The van der Waals surface area contributed by atoms with Gasteiger partial charge in [-0.1, -0.05) is 78.7 Å². The molecule has 0 spiro atoms. The summed E-state index contributed by atoms with van der Waals surface area (Å²) in [5.74, 6) is -0.307. The highest BCUT2D eigenvalue weighted by atomic mass is 16.5. The van der Waals surface area contributed by atoms with Crippen molar-refractivity contribution in [1.29, 1.82) is 0 Å². The summed E-state index contributed by atoms with van der Waals surface area (Å²) >= 11 is 0. The highest BCUT2D eigenvalue weighted by Crippen LogP contribution is 2.35. The van der Waals surface area contributed by atoms with Gasteiger partial charge in [-0.25, -0.2) is 4.79 Å². The first-order chi connectivity index (χ1) is 17.0. The van der Waals surface area contributed by atoms with Crippen molar-refractivity contribution in [2.24, 2.45) is 0 Å². The molecular formula is C32H31NO2. The maximum atomic E-state index is 11.7. The van der Waals surface area contributed by atoms with E-state index in [1.54, 1.807) is 6.08 Å². The molecule has 0 atom stereocenters. The standard InChI is InChI=1S/C32H31NO2/c1-4-23-35-32(34)22-11-26-9-12-27(13-10-26)28-14-20-31(21-15-28)33(29-16-5-24(2)6-17-29)30-18-7-25(3)8-19-30/h5-22H,4,23H2,1-3H3. The van der Waals surface area contributed by atoms with Gasteiger partial charge in [-0.15, -0.1) is 0 Å². The highest BCUT2D eigenvalue weighted by molar-refractivity contribution is 5.87. The number of hydrogen-bond donors (Lipinski definition) is 0. The summed E-state index contributed by atoms with van der Waals surface area (Å²) in [5.41, 5.74) is 9.06. The molecule has 3 nitrogen and oxygen atoms in total. The normalized spacial score (nSPS) is 10.9. The van der Waals surface area contributed by atoms with Gasteiger partial charge in [0.05, 0.1) is 6.61 Å². The van der Waals surface area contributed by atoms with Gasteiger partial charge in [0.1, 0.15) is 0 Å². The second kappa shape index (κ2) is 11.3. The van der Waals surface area contributed by atoms with E-state index in [4.69, 9.17) is 4.74 Å². The predicted molar refractivity (Wildman–Crippen MR) is 146 cm³/mol. The maximum absolute atomic E-state index is 11.7. The molecule has 35 heavy (non-hydrogen) atoms. The summed E-state index contributed by atoms with van der Waals surface area (Å²) in [5, 5.41) is 0. The summed E-state index contributed by atoms with van der Waals surface area (Å²) in [4.78, 5) is 13.9. The van der Waals surface area contributed by atoms with Gasteiger partial charge in [0.25, 0.3) is 0 Å². The van der Waals surface area contributed by atoms with Crippen LogP contribution in [0.25, 0.3) is 17.2 Å². The number of anilines is 3. The summed E-state index contributed by atoms with van der Waals surface area (Å²) in [6, 6.07) is 34.0. The molecule has 0 radical (unpaired) electrons. The first kappa shape index (κ1) is 24.0. The zero-order valence-corrected chi connectivity index (χ0v) is 20.6. The van der Waals surface area contributed by atoms with Crippen LogP contribution in [-0.4, -0.2) is 12.6 Å². The zero-order valence-electron chi connectivity index (χ0n) is 20.6. The number of rotatable bonds is 8. The molecule has 3 heteroatoms. The van der Waals surface area contributed by atoms with Crippen molar-refractivity contribution in [2.45, 2.75) is 27.2 Å². The van der Waals surface area contributed by atoms with Crippen LogP contribution in [-0.2, 0) is 9.53 Å². The molecule has 0 saturated carbocycles. The Morgan fingerprint density at radius 3 is 1.57 bits per heavy atom. The molecule has 0 aromatic heterocycles. The van der Waals surface area contributed by atoms with E-state index in [2.05, 4.69) is 104 Å². The van der Waals surface area contributed by atoms with Gasteiger partial charge in [0.2, 0.25) is 0 Å². The molecule has 0 aliphatic rings. The van der Waals surface area contributed by atoms with E-state index in [-0.39, 0.29) is 5.97 Å². The van der Waals surface area contributed by atoms with Crippen LogP contribution < -0.4 is 4.90 Å². The second-order valence-electron chi connectivity index (χ2n) is 8.68. The van der Waals surface area contributed by atoms with Crippen LogP contribution >= 0.6 is 0 Å². The minimum Gasteiger partial charge on any atom is -0.463 e. The van der Waals surface area contributed by atoms with Crippen molar-refractivity contribution in [3.63, 3.8) is 0 Å². The summed E-state index contributed by atoms with van der Waals surface area (Å²) < 4.78 is 5.08. The van der Waals surface area contributed by atoms with Crippen molar-refractivity contribution in [2.75, 3.05) is 11.5 Å². The lowest BCUT2D eigenvalue weighted by Crippen LogP contribution is -2.09. The second-order valence-corrected chi connectivity index (χ2v) is 8.68. The van der Waals surface area contributed by atoms with Gasteiger partial charge in [-0.3, -0.25) is 0 Å². The van der Waals surface area contributed by atoms with Crippen LogP contribution in [0.5, 0.6) is 0 Å². The van der Waals surface area contributed by atoms with Crippen molar-refractivity contribution in [3.05, 3.63) is 120 Å². The van der Waals surface area contributed by atoms with Crippen molar-refractivity contribution in [1.82, 2.24) is 0 Å². The van der Waals surface area contributed by atoms with Crippen LogP contribution in [0.2, 0.25) is 0 Å². The number of carbonyl (C=O) groups is 1. The first-order valence-electron chi connectivity index (χ1n) is 12.0. The molecule has 0 amide bonds. The van der Waals surface area contributed by atoms with Crippen molar-refractivity contribution < 1.29 is 9.53 Å². The Kier molecular flexibility index (Phi) is 7.79. The fraction of sp³-hybridized carbons (Fsp3) is 0.156. The summed E-state index contributed by atoms with van der Waals surface area (Å²) in [6.45, 7) is 6.64. The Morgan fingerprint density at radius 2 is 1.11 bits per heavy atom. The number of nitrogens with zero attached hydrogens (tertiary/aromatic N) is 1. The number of aryl methyl sites for hydroxylation is 2. The molecule has 0 saturated heterocycles. The third-order valence-electron chi connectivity index (χ3n) is 5.81. The van der Waals surface area contributed by atoms with Gasteiger partial charge < -0.3 is 9.64 Å². The molecule has 176 valence electrons. The Hall–Kier alpha value is -4.11. The number of ether oxygens (including phenoxy) is 1. The van der Waals surface area contributed by atoms with Gasteiger partial charge in [0.15, 0.2) is 0 Å². The van der Waals surface area contributed by atoms with E-state index in [1.165, 1.54) is 17.2 Å². The molecule has 4 aromatic rings. The van der Waals surface area contributed by atoms with E-state index in [1.807, 2.05) is 19.1 Å². The Labute approximate surface area is 208 Å². The quantitative estimate of drug-likeness (QED) is 0.195. The highest BCUT2D eigenvalue weighted by Gasteiger charge is 2.12. The third-order valence-corrected chi connectivity index (χ3v) is 5.81. The Balaban J connectivity index is 1.56. The van der Waals surface area contributed by atoms with E-state index in [0.717, 1.165) is 40.2 Å². The largest absolute Gasteiger partial charge is 0.463 e. The van der Waals surface area contributed by atoms with E-state index < -0.39 is 0 Å². The monoisotopic (exact) mass is 461 g/mol. The van der Waals surface area contributed by atoms with Gasteiger partial charge >= 0.3 is 5.97 Å². The van der Waals surface area contributed by atoms with Crippen molar-refractivity contribution in [3.8, 4) is 11.1 Å². The SMILES string of the molecule is CCCOC(=O)C=Cc1ccc(-c2ccc(N(c3ccc(C)cc3)c3ccc(C)cc3)cc2)cc1. The van der Waals surface area contributed by atoms with Gasteiger partial charge in [-0.2, -0.15) is 0 Å². The molecular weight excluding hydrogens is 430 g/mol. The topological polar surface area (TPSA) is 29.5 Å². The number of hydrogen-bond acceptors (Lipinski definition) is 3. The Bertz CT molecular complexity index is 1220. The lowest BCUT2D eigenvalue weighted by molar-refractivity contribution is -0.137. The molecule has 0 aliphatic heterocycles. The lowest BCUT2D eigenvalue weighted by Gasteiger charge is -2.26. The smallest absolute Gasteiger partial charge is 0.330 e. The number of carbonyl (C=O) groups excluding carboxylic acids is 1. The molecule has 0 fully saturated rings. The molecule has 0 heterocycles. The summed E-state index contributed by atoms with van der Waals surface area (Å²) in [7, 11) is 0. The minimum atomic E-state index is -0.307.